The Bertz CT molecular complexity index is 718. The summed E-state index contributed by atoms with van der Waals surface area (Å²) in [6.07, 6.45) is 1.31. The highest BCUT2D eigenvalue weighted by Gasteiger charge is 2.17. The Labute approximate surface area is 116 Å². The Morgan fingerprint density at radius 3 is 2.75 bits per heavy atom. The largest absolute Gasteiger partial charge is 0.495 e. The van der Waals surface area contributed by atoms with Gasteiger partial charge in [-0.05, 0) is 19.1 Å². The van der Waals surface area contributed by atoms with E-state index in [1.54, 1.807) is 31.2 Å². The highest BCUT2D eigenvalue weighted by molar-refractivity contribution is 5.97. The van der Waals surface area contributed by atoms with E-state index < -0.39 is 5.97 Å². The number of nitriles is 1. The first-order chi connectivity index (χ1) is 9.58. The third-order valence-electron chi connectivity index (χ3n) is 2.90. The van der Waals surface area contributed by atoms with E-state index in [1.165, 1.54) is 13.3 Å². The number of nitrogens with zero attached hydrogens (tertiary/aromatic N) is 2. The summed E-state index contributed by atoms with van der Waals surface area (Å²) < 4.78 is 5.26. The summed E-state index contributed by atoms with van der Waals surface area (Å²) >= 11 is 0. The molecule has 2 aromatic rings. The Balaban J connectivity index is 2.78. The molecule has 0 unspecified atom stereocenters. The number of carboxylic acid groups (broad SMARTS) is 1. The van der Waals surface area contributed by atoms with Crippen LogP contribution in [0.15, 0.2) is 30.5 Å². The van der Waals surface area contributed by atoms with Crippen molar-refractivity contribution >= 4 is 5.97 Å². The minimum absolute atomic E-state index is 0.0731. The number of para-hydroxylation sites is 1. The van der Waals surface area contributed by atoms with E-state index >= 15 is 0 Å². The quantitative estimate of drug-likeness (QED) is 0.925. The third-order valence-corrected chi connectivity index (χ3v) is 2.90. The van der Waals surface area contributed by atoms with Crippen molar-refractivity contribution in [3.8, 4) is 22.9 Å². The molecule has 1 heterocycles. The molecule has 0 saturated heterocycles. The fraction of sp³-hybridized carbons (Fsp3) is 0.133. The van der Waals surface area contributed by atoms with E-state index in [0.29, 0.717) is 28.1 Å². The minimum Gasteiger partial charge on any atom is -0.495 e. The van der Waals surface area contributed by atoms with Gasteiger partial charge in [0.1, 0.15) is 11.8 Å². The second-order valence-corrected chi connectivity index (χ2v) is 4.17. The molecule has 0 aliphatic heterocycles. The summed E-state index contributed by atoms with van der Waals surface area (Å²) in [6.45, 7) is 1.77. The molecule has 1 aromatic heterocycles. The summed E-state index contributed by atoms with van der Waals surface area (Å²) in [5, 5.41) is 18.4. The van der Waals surface area contributed by atoms with Crippen LogP contribution in [0.3, 0.4) is 0 Å². The third kappa shape index (κ3) is 2.31. The zero-order chi connectivity index (χ0) is 14.7. The van der Waals surface area contributed by atoms with Crippen molar-refractivity contribution in [2.24, 2.45) is 0 Å². The van der Waals surface area contributed by atoms with Crippen molar-refractivity contribution in [3.05, 3.63) is 47.3 Å². The second-order valence-electron chi connectivity index (χ2n) is 4.17. The number of aryl methyl sites for hydroxylation is 1. The van der Waals surface area contributed by atoms with Gasteiger partial charge >= 0.3 is 5.97 Å². The molecular weight excluding hydrogens is 256 g/mol. The topological polar surface area (TPSA) is 83.2 Å². The highest BCUT2D eigenvalue weighted by Crippen LogP contribution is 2.34. The number of aromatic nitrogens is 1. The first kappa shape index (κ1) is 13.6. The van der Waals surface area contributed by atoms with Gasteiger partial charge in [0, 0.05) is 23.0 Å². The van der Waals surface area contributed by atoms with Gasteiger partial charge in [0.25, 0.3) is 0 Å². The maximum absolute atomic E-state index is 11.3. The molecular formula is C15H12N2O3. The molecule has 0 fully saturated rings. The summed E-state index contributed by atoms with van der Waals surface area (Å²) in [5.74, 6) is -0.708. The SMILES string of the molecule is COc1c(C#N)cccc1-c1cc(C)ncc1C(=O)O. The summed E-state index contributed by atoms with van der Waals surface area (Å²) in [5.41, 5.74) is 2.17. The number of ether oxygens (including phenoxy) is 1. The smallest absolute Gasteiger partial charge is 0.337 e. The molecule has 0 bridgehead atoms. The molecule has 0 amide bonds. The standard InChI is InChI=1S/C15H12N2O3/c1-9-6-12(13(8-17-9)15(18)19)11-5-3-4-10(7-16)14(11)20-2/h3-6,8H,1-2H3,(H,18,19). The molecule has 2 rings (SSSR count). The fourth-order valence-electron chi connectivity index (χ4n) is 2.01. The van der Waals surface area contributed by atoms with E-state index in [2.05, 4.69) is 4.98 Å². The lowest BCUT2D eigenvalue weighted by Crippen LogP contribution is -2.03. The van der Waals surface area contributed by atoms with Crippen molar-refractivity contribution in [1.29, 1.82) is 5.26 Å². The Morgan fingerprint density at radius 2 is 2.15 bits per heavy atom. The van der Waals surface area contributed by atoms with Gasteiger partial charge in [0.05, 0.1) is 18.2 Å². The van der Waals surface area contributed by atoms with Crippen LogP contribution in [0.25, 0.3) is 11.1 Å². The van der Waals surface area contributed by atoms with Crippen LogP contribution in [0.4, 0.5) is 0 Å². The van der Waals surface area contributed by atoms with Gasteiger partial charge in [0.15, 0.2) is 0 Å². The first-order valence-electron chi connectivity index (χ1n) is 5.86. The van der Waals surface area contributed by atoms with Gasteiger partial charge in [-0.15, -0.1) is 0 Å². The molecule has 1 aromatic carbocycles. The van der Waals surface area contributed by atoms with Crippen LogP contribution in [-0.2, 0) is 0 Å². The van der Waals surface area contributed by atoms with Gasteiger partial charge in [-0.1, -0.05) is 12.1 Å². The summed E-state index contributed by atoms with van der Waals surface area (Å²) in [7, 11) is 1.45. The fourth-order valence-corrected chi connectivity index (χ4v) is 2.01. The van der Waals surface area contributed by atoms with Crippen LogP contribution in [-0.4, -0.2) is 23.2 Å². The number of methoxy groups -OCH3 is 1. The van der Waals surface area contributed by atoms with Gasteiger partial charge in [-0.25, -0.2) is 4.79 Å². The zero-order valence-corrected chi connectivity index (χ0v) is 11.0. The highest BCUT2D eigenvalue weighted by atomic mass is 16.5. The molecule has 100 valence electrons. The normalized spacial score (nSPS) is 9.85. The van der Waals surface area contributed by atoms with Crippen LogP contribution in [0.5, 0.6) is 5.75 Å². The maximum atomic E-state index is 11.3. The van der Waals surface area contributed by atoms with E-state index in [0.717, 1.165) is 0 Å². The number of carboxylic acids is 1. The van der Waals surface area contributed by atoms with Crippen molar-refractivity contribution in [3.63, 3.8) is 0 Å². The second kappa shape index (κ2) is 5.41. The van der Waals surface area contributed by atoms with E-state index in [1.807, 2.05) is 6.07 Å². The van der Waals surface area contributed by atoms with Gasteiger partial charge in [-0.3, -0.25) is 4.98 Å². The van der Waals surface area contributed by atoms with E-state index in [9.17, 15) is 9.90 Å². The molecule has 5 nitrogen and oxygen atoms in total. The van der Waals surface area contributed by atoms with Crippen molar-refractivity contribution in [2.45, 2.75) is 6.92 Å². The van der Waals surface area contributed by atoms with Crippen molar-refractivity contribution in [1.82, 2.24) is 4.98 Å². The van der Waals surface area contributed by atoms with Crippen molar-refractivity contribution in [2.75, 3.05) is 7.11 Å². The average molecular weight is 268 g/mol. The molecule has 1 N–H and O–H groups in total. The molecule has 0 aliphatic carbocycles. The average Bonchev–Trinajstić information content (AvgIpc) is 2.45. The number of aromatic carboxylic acids is 1. The monoisotopic (exact) mass is 268 g/mol. The van der Waals surface area contributed by atoms with Crippen molar-refractivity contribution < 1.29 is 14.6 Å². The molecule has 0 radical (unpaired) electrons. The Hall–Kier alpha value is -2.87. The molecule has 0 atom stereocenters. The van der Waals surface area contributed by atoms with Crippen LogP contribution in [0.2, 0.25) is 0 Å². The molecule has 0 spiro atoms. The lowest BCUT2D eigenvalue weighted by Gasteiger charge is -2.12. The summed E-state index contributed by atoms with van der Waals surface area (Å²) in [4.78, 5) is 15.3. The van der Waals surface area contributed by atoms with Crippen LogP contribution in [0.1, 0.15) is 21.6 Å². The number of carbonyl (C=O) groups is 1. The predicted octanol–water partition coefficient (Wildman–Crippen LogP) is 2.64. The Morgan fingerprint density at radius 1 is 1.40 bits per heavy atom. The zero-order valence-electron chi connectivity index (χ0n) is 11.0. The van der Waals surface area contributed by atoms with Crippen LogP contribution in [0, 0.1) is 18.3 Å². The van der Waals surface area contributed by atoms with Crippen LogP contribution < -0.4 is 4.74 Å². The van der Waals surface area contributed by atoms with Gasteiger partial charge in [-0.2, -0.15) is 5.26 Å². The number of benzene rings is 1. The molecule has 0 aliphatic rings. The van der Waals surface area contributed by atoms with Crippen LogP contribution >= 0.6 is 0 Å². The maximum Gasteiger partial charge on any atom is 0.337 e. The number of rotatable bonds is 3. The van der Waals surface area contributed by atoms with E-state index in [-0.39, 0.29) is 5.56 Å². The molecule has 5 heteroatoms. The Kier molecular flexibility index (Phi) is 3.67. The van der Waals surface area contributed by atoms with E-state index in [4.69, 9.17) is 10.00 Å². The number of hydrogen-bond acceptors (Lipinski definition) is 4. The van der Waals surface area contributed by atoms with Gasteiger partial charge < -0.3 is 9.84 Å². The number of pyridine rings is 1. The lowest BCUT2D eigenvalue weighted by atomic mass is 9.97. The predicted molar refractivity (Wildman–Crippen MR) is 72.6 cm³/mol. The minimum atomic E-state index is -1.07. The number of hydrogen-bond donors (Lipinski definition) is 1. The lowest BCUT2D eigenvalue weighted by molar-refractivity contribution is 0.0697. The van der Waals surface area contributed by atoms with Gasteiger partial charge in [0.2, 0.25) is 0 Å². The first-order valence-corrected chi connectivity index (χ1v) is 5.86. The summed E-state index contributed by atoms with van der Waals surface area (Å²) in [6, 6.07) is 8.74. The molecule has 0 saturated carbocycles. The molecule has 20 heavy (non-hydrogen) atoms.